The summed E-state index contributed by atoms with van der Waals surface area (Å²) in [7, 11) is 0. The Bertz CT molecular complexity index is 74.0. The number of hydrogen-bond acceptors (Lipinski definition) is 1. The van der Waals surface area contributed by atoms with Gasteiger partial charge in [-0.05, 0) is 12.3 Å². The minimum absolute atomic E-state index is 0.599. The van der Waals surface area contributed by atoms with Crippen LogP contribution in [0.25, 0.3) is 0 Å². The van der Waals surface area contributed by atoms with Gasteiger partial charge in [0, 0.05) is 6.61 Å². The van der Waals surface area contributed by atoms with Gasteiger partial charge < -0.3 is 5.11 Å². The van der Waals surface area contributed by atoms with Gasteiger partial charge in [0.15, 0.2) is 0 Å². The van der Waals surface area contributed by atoms with Crippen LogP contribution in [-0.4, -0.2) is 13.1 Å². The fourth-order valence-corrected chi connectivity index (χ4v) is 1.01. The molecule has 1 heteroatoms. The molecule has 0 unspecified atom stereocenters. The Morgan fingerprint density at radius 2 is 1.90 bits per heavy atom. The first-order valence-corrected chi connectivity index (χ1v) is 4.35. The van der Waals surface area contributed by atoms with E-state index < -0.39 is 0 Å². The van der Waals surface area contributed by atoms with E-state index in [0.717, 1.165) is 12.3 Å². The summed E-state index contributed by atoms with van der Waals surface area (Å²) >= 11 is 0. The lowest BCUT2D eigenvalue weighted by atomic mass is 10.0. The van der Waals surface area contributed by atoms with E-state index in [1.54, 1.807) is 0 Å². The molecule has 10 heavy (non-hydrogen) atoms. The Kier molecular flexibility index (Phi) is 5.70. The number of unbranched alkanes of at least 4 members (excludes halogenated alkanes) is 3. The molecule has 0 aromatic rings. The molecule has 0 aromatic heterocycles. The maximum Gasteiger partial charge on any atom is 0.210 e. The molecule has 0 amide bonds. The predicted octanol–water partition coefficient (Wildman–Crippen LogP) is 2.59. The summed E-state index contributed by atoms with van der Waals surface area (Å²) < 4.78 is 6.45. The van der Waals surface area contributed by atoms with Crippen LogP contribution in [0.1, 0.15) is 46.0 Å². The third-order valence-electron chi connectivity index (χ3n) is 1.68. The van der Waals surface area contributed by atoms with Crippen LogP contribution >= 0.6 is 0 Å². The van der Waals surface area contributed by atoms with Gasteiger partial charge in [-0.3, -0.25) is 0 Å². The van der Waals surface area contributed by atoms with E-state index in [9.17, 15) is 0 Å². The van der Waals surface area contributed by atoms with Gasteiger partial charge in [-0.25, -0.2) is 0 Å². The topological polar surface area (TPSA) is 20.2 Å². The summed E-state index contributed by atoms with van der Waals surface area (Å²) in [4.78, 5) is 0. The van der Waals surface area contributed by atoms with Gasteiger partial charge in [-0.1, -0.05) is 39.5 Å². The van der Waals surface area contributed by atoms with E-state index in [0.29, 0.717) is 6.61 Å². The largest absolute Gasteiger partial charge is 0.396 e. The Labute approximate surface area is 65.9 Å². The predicted molar refractivity (Wildman–Crippen MR) is 45.0 cm³/mol. The van der Waals surface area contributed by atoms with Crippen molar-refractivity contribution < 1.29 is 5.11 Å². The zero-order valence-electron chi connectivity index (χ0n) is 8.23. The molecule has 1 N–H and O–H groups in total. The molecule has 0 atom stereocenters. The van der Waals surface area contributed by atoms with Gasteiger partial charge in [0.25, 0.3) is 0 Å². The number of rotatable bonds is 7. The van der Waals surface area contributed by atoms with Crippen molar-refractivity contribution in [2.45, 2.75) is 46.0 Å². The zero-order chi connectivity index (χ0) is 8.53. The van der Waals surface area contributed by atoms with E-state index in [1.165, 1.54) is 25.7 Å². The van der Waals surface area contributed by atoms with E-state index in [4.69, 9.17) is 1.43 Å². The summed E-state index contributed by atoms with van der Waals surface area (Å²) in [5.74, 6) is 0.836. The fourth-order valence-electron chi connectivity index (χ4n) is 1.01. The molecule has 0 bridgehead atoms. The molecule has 62 valence electrons. The molecule has 0 fully saturated rings. The van der Waals surface area contributed by atoms with Gasteiger partial charge in [0.1, 0.15) is 0 Å². The minimum Gasteiger partial charge on any atom is -0.396 e. The quantitative estimate of drug-likeness (QED) is 0.546. The standard InChI is InChI=1S/C9H20O/c1-9(2)7-5-3-4-6-8-10/h9-10H,3-8H2,1-2H3/i10D. The summed E-state index contributed by atoms with van der Waals surface area (Å²) in [6.07, 6.45) is 6.21. The van der Waals surface area contributed by atoms with Crippen LogP contribution in [0.3, 0.4) is 0 Å². The molecular weight excluding hydrogens is 124 g/mol. The first-order chi connectivity index (χ1) is 5.27. The van der Waals surface area contributed by atoms with Crippen molar-refractivity contribution in [3.63, 3.8) is 0 Å². The summed E-state index contributed by atoms with van der Waals surface area (Å²) in [5, 5.41) is 4.22. The monoisotopic (exact) mass is 145 g/mol. The molecule has 0 saturated heterocycles. The van der Waals surface area contributed by atoms with Crippen LogP contribution in [0.15, 0.2) is 0 Å². The maximum absolute atomic E-state index is 6.45. The normalized spacial score (nSPS) is 12.1. The van der Waals surface area contributed by atoms with Gasteiger partial charge in [0.2, 0.25) is 1.43 Å². The third-order valence-corrected chi connectivity index (χ3v) is 1.68. The van der Waals surface area contributed by atoms with Crippen molar-refractivity contribution in [2.24, 2.45) is 5.92 Å². The molecule has 1 nitrogen and oxygen atoms in total. The van der Waals surface area contributed by atoms with Crippen molar-refractivity contribution in [2.75, 3.05) is 6.61 Å². The van der Waals surface area contributed by atoms with E-state index in [1.807, 2.05) is 0 Å². The summed E-state index contributed by atoms with van der Waals surface area (Å²) in [6, 6.07) is 0. The zero-order valence-corrected chi connectivity index (χ0v) is 7.23. The molecule has 0 spiro atoms. The van der Waals surface area contributed by atoms with Gasteiger partial charge in [0.05, 0.1) is 0 Å². The molecule has 0 aliphatic carbocycles. The average molecular weight is 145 g/mol. The molecular formula is C9H20O. The Morgan fingerprint density at radius 1 is 1.20 bits per heavy atom. The van der Waals surface area contributed by atoms with Crippen LogP contribution in [0, 0.1) is 5.92 Å². The second-order valence-corrected chi connectivity index (χ2v) is 3.30. The SMILES string of the molecule is [2H]OCCCCCCC(C)C. The highest BCUT2D eigenvalue weighted by molar-refractivity contribution is 4.46. The van der Waals surface area contributed by atoms with Crippen molar-refractivity contribution in [1.82, 2.24) is 0 Å². The van der Waals surface area contributed by atoms with Crippen LogP contribution in [-0.2, 0) is 0 Å². The van der Waals surface area contributed by atoms with E-state index >= 15 is 0 Å². The van der Waals surface area contributed by atoms with Crippen LogP contribution in [0.5, 0.6) is 0 Å². The van der Waals surface area contributed by atoms with Crippen molar-refractivity contribution >= 4 is 0 Å². The Balaban J connectivity index is 2.80. The summed E-state index contributed by atoms with van der Waals surface area (Å²) in [6.45, 7) is 5.11. The van der Waals surface area contributed by atoms with Crippen molar-refractivity contribution in [3.05, 3.63) is 0 Å². The second-order valence-electron chi connectivity index (χ2n) is 3.30. The maximum atomic E-state index is 6.45. The fraction of sp³-hybridized carbons (Fsp3) is 1.00. The van der Waals surface area contributed by atoms with Crippen LogP contribution in [0.2, 0.25) is 0 Å². The first kappa shape index (κ1) is 8.06. The van der Waals surface area contributed by atoms with Gasteiger partial charge in [-0.2, -0.15) is 0 Å². The lowest BCUT2D eigenvalue weighted by Gasteiger charge is -2.02. The Hall–Kier alpha value is -0.0400. The molecule has 0 aromatic carbocycles. The lowest BCUT2D eigenvalue weighted by molar-refractivity contribution is 0.282. The highest BCUT2D eigenvalue weighted by atomic mass is 16.2. The summed E-state index contributed by atoms with van der Waals surface area (Å²) in [5.41, 5.74) is 0. The Morgan fingerprint density at radius 3 is 2.50 bits per heavy atom. The smallest absolute Gasteiger partial charge is 0.210 e. The van der Waals surface area contributed by atoms with Crippen LogP contribution < -0.4 is 0 Å². The first-order valence-electron chi connectivity index (χ1n) is 4.76. The highest BCUT2D eigenvalue weighted by Gasteiger charge is 1.92. The van der Waals surface area contributed by atoms with Crippen molar-refractivity contribution in [1.29, 1.82) is 1.43 Å². The van der Waals surface area contributed by atoms with Gasteiger partial charge in [-0.15, -0.1) is 0 Å². The van der Waals surface area contributed by atoms with Crippen LogP contribution in [0.4, 0.5) is 0 Å². The number of hydrogen-bond donors (Lipinski definition) is 1. The van der Waals surface area contributed by atoms with E-state index in [-0.39, 0.29) is 0 Å². The lowest BCUT2D eigenvalue weighted by Crippen LogP contribution is -1.88. The highest BCUT2D eigenvalue weighted by Crippen LogP contribution is 2.08. The molecule has 0 aliphatic heterocycles. The van der Waals surface area contributed by atoms with E-state index in [2.05, 4.69) is 19.0 Å². The number of aliphatic hydroxyl groups excluding tert-OH is 1. The molecule has 0 aliphatic rings. The minimum atomic E-state index is 0.599. The second kappa shape index (κ2) is 7.07. The molecule has 0 rings (SSSR count). The molecule has 0 saturated carbocycles. The van der Waals surface area contributed by atoms with Crippen molar-refractivity contribution in [3.8, 4) is 0 Å². The third kappa shape index (κ3) is 7.96. The van der Waals surface area contributed by atoms with Gasteiger partial charge >= 0.3 is 0 Å². The average Bonchev–Trinajstić information content (AvgIpc) is 1.96. The number of aliphatic hydroxyl groups is 1. The molecule has 0 heterocycles. The molecule has 0 radical (unpaired) electrons.